The molecule has 4 aliphatic heterocycles. The van der Waals surface area contributed by atoms with Gasteiger partial charge in [-0.05, 0) is 35.1 Å². The molecule has 7 heterocycles. The van der Waals surface area contributed by atoms with Crippen LogP contribution in [0.3, 0.4) is 0 Å². The summed E-state index contributed by atoms with van der Waals surface area (Å²) in [5.41, 5.74) is 11.9. The second-order valence-electron chi connectivity index (χ2n) is 15.2. The van der Waals surface area contributed by atoms with Crippen molar-refractivity contribution >= 4 is 51.6 Å². The monoisotopic (exact) mass is 763 g/mol. The molecule has 0 saturated heterocycles. The molecule has 0 unspecified atom stereocenters. The van der Waals surface area contributed by atoms with Crippen molar-refractivity contribution in [2.45, 2.75) is 63.9 Å². The maximum absolute atomic E-state index is 14.2. The van der Waals surface area contributed by atoms with Gasteiger partial charge in [-0.15, -0.1) is 0 Å². The maximum Gasteiger partial charge on any atom is 0.250 e. The zero-order valence-corrected chi connectivity index (χ0v) is 31.1. The number of aromatic amines is 1. The Balaban J connectivity index is 1.30. The number of rotatable bonds is 4. The van der Waals surface area contributed by atoms with Gasteiger partial charge in [-0.2, -0.15) is 4.98 Å². The number of anilines is 1. The van der Waals surface area contributed by atoms with Gasteiger partial charge in [-0.3, -0.25) is 9.59 Å². The van der Waals surface area contributed by atoms with Gasteiger partial charge in [0.25, 0.3) is 5.89 Å². The Morgan fingerprint density at radius 1 is 1.00 bits per heavy atom. The minimum Gasteiger partial charge on any atom is -0.469 e. The van der Waals surface area contributed by atoms with Gasteiger partial charge in [-0.1, -0.05) is 93.4 Å². The topological polar surface area (TPSA) is 173 Å². The van der Waals surface area contributed by atoms with Crippen LogP contribution in [-0.2, 0) is 21.4 Å². The molecule has 14 heteroatoms. The molecule has 5 atom stereocenters. The molecular weight excluding hydrogens is 729 g/mol. The maximum atomic E-state index is 14.2. The Morgan fingerprint density at radius 2 is 1.80 bits per heavy atom. The zero-order chi connectivity index (χ0) is 37.4. The van der Waals surface area contributed by atoms with E-state index in [0.717, 1.165) is 44.4 Å². The van der Waals surface area contributed by atoms with Crippen LogP contribution in [0.4, 0.5) is 5.69 Å². The molecule has 6 N–H and O–H groups in total. The molecular formula is C40H35Cl2N7O5. The van der Waals surface area contributed by atoms with E-state index in [2.05, 4.69) is 33.1 Å². The van der Waals surface area contributed by atoms with Gasteiger partial charge in [0.2, 0.25) is 17.7 Å². The lowest BCUT2D eigenvalue weighted by Gasteiger charge is -2.29. The Morgan fingerprint density at radius 3 is 2.59 bits per heavy atom. The summed E-state index contributed by atoms with van der Waals surface area (Å²) >= 11 is 13.9. The van der Waals surface area contributed by atoms with Gasteiger partial charge in [0.1, 0.15) is 28.4 Å². The third kappa shape index (κ3) is 4.47. The summed E-state index contributed by atoms with van der Waals surface area (Å²) in [6.07, 6.45) is -0.495. The van der Waals surface area contributed by atoms with Crippen molar-refractivity contribution in [3.05, 3.63) is 93.2 Å². The number of H-pyrrole nitrogens is 1. The number of halogens is 2. The lowest BCUT2D eigenvalue weighted by atomic mass is 9.72. The van der Waals surface area contributed by atoms with Crippen LogP contribution in [0.15, 0.2) is 63.4 Å². The molecule has 0 fully saturated rings. The van der Waals surface area contributed by atoms with Gasteiger partial charge in [0, 0.05) is 39.7 Å². The third-order valence-corrected chi connectivity index (χ3v) is 11.8. The zero-order valence-electron chi connectivity index (χ0n) is 29.6. The number of aromatic nitrogens is 3. The van der Waals surface area contributed by atoms with E-state index in [9.17, 15) is 9.59 Å². The van der Waals surface area contributed by atoms with Crippen LogP contribution in [0.1, 0.15) is 62.1 Å². The fraction of sp³-hybridized carbons (Fsp3) is 0.300. The van der Waals surface area contributed by atoms with Crippen molar-refractivity contribution in [1.82, 2.24) is 25.6 Å². The average molecular weight is 765 g/mol. The van der Waals surface area contributed by atoms with Crippen molar-refractivity contribution in [3.8, 4) is 39.8 Å². The molecule has 12 nitrogen and oxygen atoms in total. The van der Waals surface area contributed by atoms with Gasteiger partial charge >= 0.3 is 0 Å². The lowest BCUT2D eigenvalue weighted by molar-refractivity contribution is -0.130. The molecule has 2 amide bonds. The highest BCUT2D eigenvalue weighted by molar-refractivity contribution is 6.37. The van der Waals surface area contributed by atoms with Crippen molar-refractivity contribution in [3.63, 3.8) is 0 Å². The molecule has 54 heavy (non-hydrogen) atoms. The van der Waals surface area contributed by atoms with Crippen LogP contribution in [0.25, 0.3) is 44.9 Å². The van der Waals surface area contributed by atoms with E-state index >= 15 is 0 Å². The van der Waals surface area contributed by atoms with E-state index in [-0.39, 0.29) is 41.0 Å². The first-order chi connectivity index (χ1) is 25.9. The number of ether oxygens (including phenoxy) is 1. The summed E-state index contributed by atoms with van der Waals surface area (Å²) < 4.78 is 20.4. The first-order valence-electron chi connectivity index (χ1n) is 18.0. The number of fused-ring (bicyclic) bond motifs is 7. The molecule has 10 bridgehead atoms. The summed E-state index contributed by atoms with van der Waals surface area (Å²) in [6, 6.07) is 15.5. The minimum atomic E-state index is -1.12. The minimum absolute atomic E-state index is 0.0974. The molecule has 1 spiro atoms. The van der Waals surface area contributed by atoms with E-state index in [1.54, 1.807) is 0 Å². The lowest BCUT2D eigenvalue weighted by Crippen LogP contribution is -2.54. The number of nitrogens with one attached hydrogen (secondary N) is 4. The summed E-state index contributed by atoms with van der Waals surface area (Å²) in [4.78, 5) is 40.7. The molecule has 0 radical (unpaired) electrons. The van der Waals surface area contributed by atoms with Gasteiger partial charge in [0.15, 0.2) is 28.6 Å². The van der Waals surface area contributed by atoms with E-state index in [4.69, 9.17) is 52.5 Å². The molecule has 0 aliphatic carbocycles. The second kappa shape index (κ2) is 11.6. The highest BCUT2D eigenvalue weighted by Gasteiger charge is 2.61. The number of amides is 2. The fourth-order valence-corrected chi connectivity index (χ4v) is 9.02. The summed E-state index contributed by atoms with van der Waals surface area (Å²) in [5, 5.41) is 11.1. The molecule has 6 aromatic rings. The molecule has 0 saturated carbocycles. The highest BCUT2D eigenvalue weighted by Crippen LogP contribution is 2.62. The van der Waals surface area contributed by atoms with E-state index in [0.29, 0.717) is 27.9 Å². The standard InChI is InChI=1S/C40H35Cl2N7O5/c1-15(2)27(43)36(51)45-23-14-17-11-12-24-21(13-17)40-20-9-5-8-19(29(20)48-39(40)52-24)18-7-6-10-22-25(18)26(33(41)44-22)31-34(42)49-38(53-31)30-32(40)54-37(47-30)28(16(3)4)46-35(23)50/h5-13,15-16,23,27-28,39,44,48H,14,43H2,1-4H3,(H,45,51)(H,46,50)/t23-,27-,28-,39-,40-/m0/s1. The van der Waals surface area contributed by atoms with Crippen LogP contribution in [-0.4, -0.2) is 45.1 Å². The van der Waals surface area contributed by atoms with E-state index in [1.165, 1.54) is 0 Å². The number of hydrogen-bond donors (Lipinski definition) is 5. The van der Waals surface area contributed by atoms with Crippen LogP contribution in [0.5, 0.6) is 5.75 Å². The summed E-state index contributed by atoms with van der Waals surface area (Å²) in [5.74, 6) is 0.513. The van der Waals surface area contributed by atoms with Crippen LogP contribution in [0.2, 0.25) is 10.3 Å². The number of hydrogen-bond acceptors (Lipinski definition) is 9. The molecule has 3 aromatic carbocycles. The number of carbonyl (C=O) groups is 2. The Bertz CT molecular complexity index is 2590. The SMILES string of the molecule is CC(C)[C@H](N)C(=O)N[C@H]1Cc2ccc3c(c2)[C@]24c5cccc(c5N[C@H]2O3)-c2cccc3[nH]c(Cl)c(c23)-c2oc(nc2Cl)-c2nc(oc24)[C@H](C(C)C)NC1=O. The molecule has 3 aromatic heterocycles. The number of oxazole rings is 2. The predicted molar refractivity (Wildman–Crippen MR) is 203 cm³/mol. The van der Waals surface area contributed by atoms with Crippen LogP contribution in [0, 0.1) is 11.8 Å². The predicted octanol–water partition coefficient (Wildman–Crippen LogP) is 7.08. The largest absolute Gasteiger partial charge is 0.469 e. The van der Waals surface area contributed by atoms with Crippen LogP contribution >= 0.6 is 23.2 Å². The Hall–Kier alpha value is -5.30. The van der Waals surface area contributed by atoms with Crippen molar-refractivity contribution < 1.29 is 23.2 Å². The number of carbonyl (C=O) groups excluding carboxylic acids is 2. The fourth-order valence-electron chi connectivity index (χ4n) is 8.53. The van der Waals surface area contributed by atoms with Gasteiger partial charge in [0.05, 0.1) is 11.6 Å². The van der Waals surface area contributed by atoms with Gasteiger partial charge < -0.3 is 40.2 Å². The summed E-state index contributed by atoms with van der Waals surface area (Å²) in [6.45, 7) is 7.65. The highest BCUT2D eigenvalue weighted by atomic mass is 35.5. The van der Waals surface area contributed by atoms with Crippen molar-refractivity contribution in [2.24, 2.45) is 17.6 Å². The quantitative estimate of drug-likeness (QED) is 0.126. The normalized spacial score (nSPS) is 22.2. The van der Waals surface area contributed by atoms with Crippen molar-refractivity contribution in [2.75, 3.05) is 5.32 Å². The summed E-state index contributed by atoms with van der Waals surface area (Å²) in [7, 11) is 0. The first kappa shape index (κ1) is 33.3. The number of nitrogens with two attached hydrogens (primary N) is 1. The molecule has 4 aliphatic rings. The first-order valence-corrected chi connectivity index (χ1v) is 18.8. The van der Waals surface area contributed by atoms with E-state index in [1.807, 2.05) is 70.2 Å². The Kier molecular flexibility index (Phi) is 7.15. The molecule has 10 rings (SSSR count). The van der Waals surface area contributed by atoms with Crippen LogP contribution < -0.4 is 26.4 Å². The number of benzene rings is 3. The molecule has 274 valence electrons. The number of para-hydroxylation sites is 1. The van der Waals surface area contributed by atoms with Gasteiger partial charge in [-0.25, -0.2) is 4.98 Å². The smallest absolute Gasteiger partial charge is 0.250 e. The Labute approximate surface area is 319 Å². The second-order valence-corrected chi connectivity index (χ2v) is 15.9. The van der Waals surface area contributed by atoms with Crippen molar-refractivity contribution in [1.29, 1.82) is 0 Å². The number of nitrogens with zero attached hydrogens (tertiary/aromatic N) is 2. The average Bonchev–Trinajstić information content (AvgIpc) is 3.94. The third-order valence-electron chi connectivity index (χ3n) is 11.3. The van der Waals surface area contributed by atoms with E-state index < -0.39 is 41.6 Å².